The van der Waals surface area contributed by atoms with Crippen molar-refractivity contribution < 1.29 is 32.2 Å². The number of alkyl halides is 3. The molecule has 0 N–H and O–H groups in total. The molecular weight excluding hydrogens is 385 g/mol. The summed E-state index contributed by atoms with van der Waals surface area (Å²) in [6, 6.07) is 11.3. The minimum atomic E-state index is -4.62. The molecule has 7 heteroatoms. The van der Waals surface area contributed by atoms with Gasteiger partial charge in [0.15, 0.2) is 0 Å². The molecule has 0 saturated heterocycles. The Morgan fingerprint density at radius 3 is 2.34 bits per heavy atom. The van der Waals surface area contributed by atoms with Crippen LogP contribution in [0.4, 0.5) is 13.2 Å². The molecule has 0 aliphatic heterocycles. The minimum absolute atomic E-state index is 0.00904. The molecule has 0 radical (unpaired) electrons. The van der Waals surface area contributed by atoms with Crippen molar-refractivity contribution in [2.75, 3.05) is 7.11 Å². The van der Waals surface area contributed by atoms with Gasteiger partial charge in [-0.25, -0.2) is 4.79 Å². The van der Waals surface area contributed by atoms with Crippen molar-refractivity contribution in [3.05, 3.63) is 59.7 Å². The first kappa shape index (κ1) is 21.2. The first-order valence-corrected chi connectivity index (χ1v) is 9.56. The van der Waals surface area contributed by atoms with Crippen LogP contribution >= 0.6 is 0 Å². The number of halogens is 3. The number of esters is 1. The van der Waals surface area contributed by atoms with Crippen molar-refractivity contribution in [1.82, 2.24) is 0 Å². The topological polar surface area (TPSA) is 44.8 Å². The summed E-state index contributed by atoms with van der Waals surface area (Å²) in [5.41, 5.74) is -0.984. The molecule has 2 aromatic rings. The first-order chi connectivity index (χ1) is 13.9. The highest BCUT2D eigenvalue weighted by Crippen LogP contribution is 2.39. The number of hydrogen-bond acceptors (Lipinski definition) is 4. The second-order valence-corrected chi connectivity index (χ2v) is 7.03. The number of hydrogen-bond donors (Lipinski definition) is 0. The van der Waals surface area contributed by atoms with Gasteiger partial charge in [-0.3, -0.25) is 0 Å². The van der Waals surface area contributed by atoms with Crippen molar-refractivity contribution in [3.63, 3.8) is 0 Å². The van der Waals surface area contributed by atoms with Crippen LogP contribution in [0.25, 0.3) is 0 Å². The normalized spacial score (nSPS) is 16.3. The highest BCUT2D eigenvalue weighted by molar-refractivity contribution is 5.91. The number of ether oxygens (including phenoxy) is 3. The van der Waals surface area contributed by atoms with Gasteiger partial charge in [-0.15, -0.1) is 0 Å². The van der Waals surface area contributed by atoms with E-state index in [1.807, 2.05) is 0 Å². The van der Waals surface area contributed by atoms with E-state index in [-0.39, 0.29) is 11.5 Å². The highest BCUT2D eigenvalue weighted by atomic mass is 19.4. The van der Waals surface area contributed by atoms with E-state index in [9.17, 15) is 18.0 Å². The van der Waals surface area contributed by atoms with Gasteiger partial charge in [0.2, 0.25) is 6.29 Å². The molecule has 1 fully saturated rings. The largest absolute Gasteiger partial charge is 0.464 e. The Morgan fingerprint density at radius 1 is 1.03 bits per heavy atom. The SMILES string of the molecule is COC(Oc1cc(C(=O)Oc2ccccc2)ccc1C(F)(F)F)C1CCCCC1. The van der Waals surface area contributed by atoms with Gasteiger partial charge in [-0.1, -0.05) is 37.5 Å². The minimum Gasteiger partial charge on any atom is -0.464 e. The summed E-state index contributed by atoms with van der Waals surface area (Å²) in [4.78, 5) is 12.4. The Morgan fingerprint density at radius 2 is 1.72 bits per heavy atom. The lowest BCUT2D eigenvalue weighted by molar-refractivity contribution is -0.144. The molecule has 4 nitrogen and oxygen atoms in total. The maximum absolute atomic E-state index is 13.5. The average molecular weight is 408 g/mol. The van der Waals surface area contributed by atoms with Crippen LogP contribution in [0.15, 0.2) is 48.5 Å². The van der Waals surface area contributed by atoms with E-state index in [1.54, 1.807) is 30.3 Å². The molecule has 0 aromatic heterocycles. The second kappa shape index (κ2) is 9.31. The van der Waals surface area contributed by atoms with Gasteiger partial charge in [0.1, 0.15) is 11.5 Å². The number of benzene rings is 2. The summed E-state index contributed by atoms with van der Waals surface area (Å²) < 4.78 is 56.7. The van der Waals surface area contributed by atoms with Crippen molar-refractivity contribution in [2.24, 2.45) is 5.92 Å². The van der Waals surface area contributed by atoms with Crippen molar-refractivity contribution in [1.29, 1.82) is 0 Å². The van der Waals surface area contributed by atoms with Crippen LogP contribution in [0.1, 0.15) is 48.0 Å². The number of methoxy groups -OCH3 is 1. The maximum atomic E-state index is 13.5. The molecule has 1 unspecified atom stereocenters. The zero-order valence-corrected chi connectivity index (χ0v) is 16.1. The molecular formula is C22H23F3O4. The molecule has 0 spiro atoms. The third-order valence-electron chi connectivity index (χ3n) is 4.99. The van der Waals surface area contributed by atoms with Gasteiger partial charge in [0, 0.05) is 13.0 Å². The lowest BCUT2D eigenvalue weighted by Gasteiger charge is -2.30. The van der Waals surface area contributed by atoms with Gasteiger partial charge in [0.05, 0.1) is 11.1 Å². The molecule has 1 aliphatic carbocycles. The molecule has 0 bridgehead atoms. The van der Waals surface area contributed by atoms with Crippen LogP contribution in [0.2, 0.25) is 0 Å². The molecule has 0 heterocycles. The Kier molecular flexibility index (Phi) is 6.79. The Balaban J connectivity index is 1.86. The standard InChI is InChI=1S/C22H23F3O4/c1-27-21(15-8-4-2-5-9-15)29-19-14-16(12-13-18(19)22(23,24)25)20(26)28-17-10-6-3-7-11-17/h3,6-7,10-15,21H,2,4-5,8-9H2,1H3. The lowest BCUT2D eigenvalue weighted by atomic mass is 9.89. The van der Waals surface area contributed by atoms with E-state index in [0.29, 0.717) is 5.75 Å². The Labute approximate surface area is 167 Å². The fourth-order valence-electron chi connectivity index (χ4n) is 3.50. The lowest BCUT2D eigenvalue weighted by Crippen LogP contribution is -2.31. The van der Waals surface area contributed by atoms with E-state index in [0.717, 1.165) is 50.3 Å². The fraction of sp³-hybridized carbons (Fsp3) is 0.409. The quantitative estimate of drug-likeness (QED) is 0.341. The highest BCUT2D eigenvalue weighted by Gasteiger charge is 2.36. The van der Waals surface area contributed by atoms with Crippen LogP contribution in [0.3, 0.4) is 0 Å². The average Bonchev–Trinajstić information content (AvgIpc) is 2.72. The summed E-state index contributed by atoms with van der Waals surface area (Å²) in [7, 11) is 1.42. The Bertz CT molecular complexity index is 815. The van der Waals surface area contributed by atoms with Crippen LogP contribution in [-0.2, 0) is 10.9 Å². The second-order valence-electron chi connectivity index (χ2n) is 7.03. The van der Waals surface area contributed by atoms with Crippen LogP contribution in [-0.4, -0.2) is 19.4 Å². The molecule has 1 aliphatic rings. The molecule has 156 valence electrons. The van der Waals surface area contributed by atoms with Crippen molar-refractivity contribution in [2.45, 2.75) is 44.6 Å². The summed E-state index contributed by atoms with van der Waals surface area (Å²) >= 11 is 0. The number of rotatable bonds is 6. The van der Waals surface area contributed by atoms with Gasteiger partial charge in [-0.2, -0.15) is 13.2 Å². The molecule has 3 rings (SSSR count). The van der Waals surface area contributed by atoms with Crippen molar-refractivity contribution >= 4 is 5.97 Å². The van der Waals surface area contributed by atoms with E-state index in [2.05, 4.69) is 0 Å². The van der Waals surface area contributed by atoms with E-state index >= 15 is 0 Å². The summed E-state index contributed by atoms with van der Waals surface area (Å²) in [5.74, 6) is -0.884. The van der Waals surface area contributed by atoms with E-state index in [4.69, 9.17) is 14.2 Å². The van der Waals surface area contributed by atoms with Crippen LogP contribution in [0.5, 0.6) is 11.5 Å². The maximum Gasteiger partial charge on any atom is 0.419 e. The fourth-order valence-corrected chi connectivity index (χ4v) is 3.50. The van der Waals surface area contributed by atoms with Gasteiger partial charge in [0.25, 0.3) is 0 Å². The van der Waals surface area contributed by atoms with E-state index < -0.39 is 29.7 Å². The van der Waals surface area contributed by atoms with Gasteiger partial charge in [-0.05, 0) is 43.2 Å². The molecule has 1 atom stereocenters. The number of carbonyl (C=O) groups excluding carboxylic acids is 1. The molecule has 2 aromatic carbocycles. The Hall–Kier alpha value is -2.54. The predicted octanol–water partition coefficient (Wildman–Crippen LogP) is 5.86. The van der Waals surface area contributed by atoms with Gasteiger partial charge < -0.3 is 14.2 Å². The summed E-state index contributed by atoms with van der Waals surface area (Å²) in [6.45, 7) is 0. The number of para-hydroxylation sites is 1. The smallest absolute Gasteiger partial charge is 0.419 e. The van der Waals surface area contributed by atoms with Crippen LogP contribution < -0.4 is 9.47 Å². The molecule has 0 amide bonds. The van der Waals surface area contributed by atoms with Crippen LogP contribution in [0, 0.1) is 5.92 Å². The zero-order valence-electron chi connectivity index (χ0n) is 16.1. The molecule has 1 saturated carbocycles. The van der Waals surface area contributed by atoms with Crippen molar-refractivity contribution in [3.8, 4) is 11.5 Å². The first-order valence-electron chi connectivity index (χ1n) is 9.56. The zero-order chi connectivity index (χ0) is 20.9. The number of carbonyl (C=O) groups is 1. The van der Waals surface area contributed by atoms with E-state index in [1.165, 1.54) is 7.11 Å². The third-order valence-corrected chi connectivity index (χ3v) is 4.99. The van der Waals surface area contributed by atoms with Gasteiger partial charge >= 0.3 is 12.1 Å². The predicted molar refractivity (Wildman–Crippen MR) is 101 cm³/mol. The molecule has 29 heavy (non-hydrogen) atoms. The third kappa shape index (κ3) is 5.50. The summed E-state index contributed by atoms with van der Waals surface area (Å²) in [5, 5.41) is 0. The summed E-state index contributed by atoms with van der Waals surface area (Å²) in [6.07, 6.45) is -0.696. The monoisotopic (exact) mass is 408 g/mol.